The molecule has 0 aliphatic carbocycles. The van der Waals surface area contributed by atoms with E-state index in [-0.39, 0.29) is 23.8 Å². The topological polar surface area (TPSA) is 29.5 Å². The van der Waals surface area contributed by atoms with E-state index < -0.39 is 0 Å². The SMILES string of the molecule is CCC(CO)C1(c2cc(Br)ccc2F)COC1. The largest absolute Gasteiger partial charge is 0.396 e. The van der Waals surface area contributed by atoms with Crippen molar-refractivity contribution < 1.29 is 14.2 Å². The minimum absolute atomic E-state index is 0.0417. The van der Waals surface area contributed by atoms with Crippen molar-refractivity contribution in [1.82, 2.24) is 0 Å². The van der Waals surface area contributed by atoms with Gasteiger partial charge < -0.3 is 9.84 Å². The smallest absolute Gasteiger partial charge is 0.127 e. The van der Waals surface area contributed by atoms with Crippen molar-refractivity contribution in [2.24, 2.45) is 5.92 Å². The van der Waals surface area contributed by atoms with Crippen LogP contribution in [-0.2, 0) is 10.2 Å². The van der Waals surface area contributed by atoms with Crippen molar-refractivity contribution >= 4 is 15.9 Å². The number of halogens is 2. The Bertz CT molecular complexity index is 400. The van der Waals surface area contributed by atoms with Gasteiger partial charge in [0, 0.05) is 22.1 Å². The zero-order chi connectivity index (χ0) is 12.5. The summed E-state index contributed by atoms with van der Waals surface area (Å²) in [6, 6.07) is 4.95. The predicted molar refractivity (Wildman–Crippen MR) is 67.5 cm³/mol. The molecule has 1 saturated heterocycles. The van der Waals surface area contributed by atoms with E-state index in [1.54, 1.807) is 12.1 Å². The van der Waals surface area contributed by atoms with Crippen LogP contribution in [0.1, 0.15) is 18.9 Å². The first kappa shape index (κ1) is 13.0. The molecule has 2 rings (SSSR count). The standard InChI is InChI=1S/C13H16BrFO2/c1-2-9(6-16)13(7-17-8-13)11-5-10(14)3-4-12(11)15/h3-5,9,16H,2,6-8H2,1H3. The molecule has 0 radical (unpaired) electrons. The lowest BCUT2D eigenvalue weighted by atomic mass is 9.67. The average Bonchev–Trinajstić information content (AvgIpc) is 2.27. The molecular weight excluding hydrogens is 287 g/mol. The van der Waals surface area contributed by atoms with Gasteiger partial charge in [-0.1, -0.05) is 29.3 Å². The fourth-order valence-electron chi connectivity index (χ4n) is 2.51. The summed E-state index contributed by atoms with van der Waals surface area (Å²) in [4.78, 5) is 0. The van der Waals surface area contributed by atoms with Gasteiger partial charge in [-0.05, 0) is 24.1 Å². The van der Waals surface area contributed by atoms with E-state index in [1.165, 1.54) is 6.07 Å². The number of ether oxygens (including phenoxy) is 1. The highest BCUT2D eigenvalue weighted by Gasteiger charge is 2.47. The highest BCUT2D eigenvalue weighted by molar-refractivity contribution is 9.10. The molecule has 4 heteroatoms. The van der Waals surface area contributed by atoms with Crippen molar-refractivity contribution in [1.29, 1.82) is 0 Å². The van der Waals surface area contributed by atoms with Crippen LogP contribution in [0.4, 0.5) is 4.39 Å². The summed E-state index contributed by atoms with van der Waals surface area (Å²) in [5.74, 6) is -0.177. The Morgan fingerprint density at radius 1 is 1.53 bits per heavy atom. The summed E-state index contributed by atoms with van der Waals surface area (Å²) in [5, 5.41) is 9.46. The van der Waals surface area contributed by atoms with Crippen molar-refractivity contribution in [3.63, 3.8) is 0 Å². The van der Waals surface area contributed by atoms with Crippen LogP contribution in [0.5, 0.6) is 0 Å². The maximum absolute atomic E-state index is 14.0. The molecule has 1 atom stereocenters. The van der Waals surface area contributed by atoms with E-state index in [0.717, 1.165) is 10.9 Å². The van der Waals surface area contributed by atoms with E-state index >= 15 is 0 Å². The zero-order valence-electron chi connectivity index (χ0n) is 9.75. The van der Waals surface area contributed by atoms with Crippen LogP contribution in [0.3, 0.4) is 0 Å². The molecule has 0 amide bonds. The molecule has 1 aliphatic rings. The second kappa shape index (κ2) is 5.04. The monoisotopic (exact) mass is 302 g/mol. The summed E-state index contributed by atoms with van der Waals surface area (Å²) in [6.07, 6.45) is 0.811. The average molecular weight is 303 g/mol. The van der Waals surface area contributed by atoms with E-state index in [0.29, 0.717) is 18.8 Å². The molecule has 1 heterocycles. The molecule has 17 heavy (non-hydrogen) atoms. The molecule has 1 aromatic rings. The first-order chi connectivity index (χ1) is 8.14. The van der Waals surface area contributed by atoms with Crippen molar-refractivity contribution in [2.75, 3.05) is 19.8 Å². The molecule has 1 aliphatic heterocycles. The van der Waals surface area contributed by atoms with Crippen molar-refractivity contribution in [2.45, 2.75) is 18.8 Å². The van der Waals surface area contributed by atoms with Gasteiger partial charge >= 0.3 is 0 Å². The third-order valence-electron chi connectivity index (χ3n) is 3.68. The fraction of sp³-hybridized carbons (Fsp3) is 0.538. The third-order valence-corrected chi connectivity index (χ3v) is 4.17. The minimum atomic E-state index is -0.364. The molecule has 0 saturated carbocycles. The Hall–Kier alpha value is -0.450. The molecule has 1 N–H and O–H groups in total. The number of benzene rings is 1. The van der Waals surface area contributed by atoms with Gasteiger partial charge in [0.05, 0.1) is 13.2 Å². The van der Waals surface area contributed by atoms with Gasteiger partial charge in [0.2, 0.25) is 0 Å². The Kier molecular flexibility index (Phi) is 3.85. The van der Waals surface area contributed by atoms with E-state index in [4.69, 9.17) is 4.74 Å². The Labute approximate surface area is 109 Å². The molecule has 0 bridgehead atoms. The first-order valence-corrected chi connectivity index (χ1v) is 6.57. The van der Waals surface area contributed by atoms with Gasteiger partial charge in [-0.3, -0.25) is 0 Å². The second-order valence-corrected chi connectivity index (χ2v) is 5.48. The van der Waals surface area contributed by atoms with Gasteiger partial charge in [0.25, 0.3) is 0 Å². The van der Waals surface area contributed by atoms with Gasteiger partial charge in [0.1, 0.15) is 5.82 Å². The van der Waals surface area contributed by atoms with E-state index in [1.807, 2.05) is 6.92 Å². The first-order valence-electron chi connectivity index (χ1n) is 5.78. The van der Waals surface area contributed by atoms with Crippen LogP contribution in [0.15, 0.2) is 22.7 Å². The summed E-state index contributed by atoms with van der Waals surface area (Å²) in [5.41, 5.74) is 0.288. The lowest BCUT2D eigenvalue weighted by molar-refractivity contribution is -0.103. The van der Waals surface area contributed by atoms with Gasteiger partial charge in [-0.15, -0.1) is 0 Å². The predicted octanol–water partition coefficient (Wildman–Crippen LogP) is 2.87. The highest BCUT2D eigenvalue weighted by Crippen LogP contribution is 2.42. The summed E-state index contributed by atoms with van der Waals surface area (Å²) < 4.78 is 20.1. The Balaban J connectivity index is 2.43. The van der Waals surface area contributed by atoms with Crippen molar-refractivity contribution in [3.05, 3.63) is 34.1 Å². The molecule has 1 aromatic carbocycles. The van der Waals surface area contributed by atoms with Crippen LogP contribution < -0.4 is 0 Å². The number of hydrogen-bond donors (Lipinski definition) is 1. The summed E-state index contributed by atoms with van der Waals surface area (Å²) >= 11 is 3.37. The van der Waals surface area contributed by atoms with Gasteiger partial charge in [-0.2, -0.15) is 0 Å². The maximum Gasteiger partial charge on any atom is 0.127 e. The molecule has 1 unspecified atom stereocenters. The lowest BCUT2D eigenvalue weighted by Crippen LogP contribution is -2.54. The number of aliphatic hydroxyl groups is 1. The zero-order valence-corrected chi connectivity index (χ0v) is 11.3. The quantitative estimate of drug-likeness (QED) is 0.927. The summed E-state index contributed by atoms with van der Waals surface area (Å²) in [6.45, 7) is 3.04. The lowest BCUT2D eigenvalue weighted by Gasteiger charge is -2.47. The van der Waals surface area contributed by atoms with Crippen LogP contribution >= 0.6 is 15.9 Å². The molecule has 2 nitrogen and oxygen atoms in total. The molecule has 94 valence electrons. The highest BCUT2D eigenvalue weighted by atomic mass is 79.9. The summed E-state index contributed by atoms with van der Waals surface area (Å²) in [7, 11) is 0. The fourth-order valence-corrected chi connectivity index (χ4v) is 2.87. The molecule has 1 fully saturated rings. The van der Waals surface area contributed by atoms with Gasteiger partial charge in [0.15, 0.2) is 0 Å². The second-order valence-electron chi connectivity index (χ2n) is 4.56. The number of aliphatic hydroxyl groups excluding tert-OH is 1. The maximum atomic E-state index is 14.0. The molecular formula is C13H16BrFO2. The van der Waals surface area contributed by atoms with Crippen molar-refractivity contribution in [3.8, 4) is 0 Å². The normalized spacial score (nSPS) is 19.8. The molecule has 0 aromatic heterocycles. The molecule has 0 spiro atoms. The Morgan fingerprint density at radius 3 is 2.71 bits per heavy atom. The van der Waals surface area contributed by atoms with Gasteiger partial charge in [-0.25, -0.2) is 4.39 Å². The van der Waals surface area contributed by atoms with Crippen LogP contribution in [-0.4, -0.2) is 24.9 Å². The van der Waals surface area contributed by atoms with Crippen LogP contribution in [0.2, 0.25) is 0 Å². The van der Waals surface area contributed by atoms with Crippen LogP contribution in [0, 0.1) is 11.7 Å². The number of rotatable bonds is 4. The van der Waals surface area contributed by atoms with Crippen LogP contribution in [0.25, 0.3) is 0 Å². The minimum Gasteiger partial charge on any atom is -0.396 e. The van der Waals surface area contributed by atoms with E-state index in [9.17, 15) is 9.50 Å². The van der Waals surface area contributed by atoms with E-state index in [2.05, 4.69) is 15.9 Å². The number of hydrogen-bond acceptors (Lipinski definition) is 2. The third kappa shape index (κ3) is 2.14. The Morgan fingerprint density at radius 2 is 2.24 bits per heavy atom.